The highest BCUT2D eigenvalue weighted by molar-refractivity contribution is 5.83. The van der Waals surface area contributed by atoms with E-state index in [-0.39, 0.29) is 228 Å². The second-order valence-corrected chi connectivity index (χ2v) is 48.7. The summed E-state index contributed by atoms with van der Waals surface area (Å²) in [4.78, 5) is 163. The first-order chi connectivity index (χ1) is 58.8. The van der Waals surface area contributed by atoms with Gasteiger partial charge in [0.1, 0.15) is 0 Å². The molecule has 0 bridgehead atoms. The molecule has 32 nitrogen and oxygen atoms in total. The van der Waals surface area contributed by atoms with Crippen molar-refractivity contribution >= 4 is 83.3 Å². The van der Waals surface area contributed by atoms with E-state index in [9.17, 15) is 67.1 Å². The molecule has 0 aromatic rings. The zero-order chi connectivity index (χ0) is 105. The lowest BCUT2D eigenvalue weighted by molar-refractivity contribution is -0.173. The summed E-state index contributed by atoms with van der Waals surface area (Å²) >= 11 is 0. The Hall–Kier alpha value is -7.58. The van der Waals surface area contributed by atoms with Gasteiger partial charge in [-0.25, -0.2) is 0 Å². The van der Waals surface area contributed by atoms with Crippen LogP contribution in [0, 0.1) is 54.1 Å². The van der Waals surface area contributed by atoms with E-state index in [2.05, 4.69) is 135 Å². The van der Waals surface area contributed by atoms with Crippen LogP contribution in [0.5, 0.6) is 0 Å². The first-order valence-electron chi connectivity index (χ1n) is 45.9. The minimum Gasteiger partial charge on any atom is -0.465 e. The van der Waals surface area contributed by atoms with Crippen molar-refractivity contribution in [2.75, 3.05) is 107 Å². The predicted octanol–water partition coefficient (Wildman–Crippen LogP) is 18.5. The number of hydrogen-bond acceptors (Lipinski definition) is 28. The largest absolute Gasteiger partial charge is 0.465 e. The number of ether oxygens (including phenoxy) is 14. The van der Waals surface area contributed by atoms with Gasteiger partial charge >= 0.3 is 59.7 Å². The van der Waals surface area contributed by atoms with Crippen molar-refractivity contribution in [3.63, 3.8) is 0 Å². The van der Waals surface area contributed by atoms with Crippen molar-refractivity contribution in [2.45, 2.75) is 403 Å². The van der Waals surface area contributed by atoms with Crippen molar-refractivity contribution in [3.8, 4) is 0 Å². The second-order valence-electron chi connectivity index (χ2n) is 48.7. The maximum absolute atomic E-state index is 11.8. The summed E-state index contributed by atoms with van der Waals surface area (Å²) in [5.41, 5.74) is -1.03. The second kappa shape index (κ2) is 65.2. The van der Waals surface area contributed by atoms with Gasteiger partial charge in [-0.3, -0.25) is 67.1 Å². The molecule has 0 aliphatic carbocycles. The summed E-state index contributed by atoms with van der Waals surface area (Å²) in [7, 11) is 3.47. The quantitative estimate of drug-likeness (QED) is 0.0328. The Balaban J connectivity index is -0.000000276. The fraction of sp³-hybridized carbons (Fsp3) is 0.860. The van der Waals surface area contributed by atoms with Crippen LogP contribution in [0.3, 0.4) is 0 Å². The van der Waals surface area contributed by atoms with E-state index < -0.39 is 23.9 Å². The zero-order valence-corrected chi connectivity index (χ0v) is 91.1. The molecule has 0 atom stereocenters. The molecule has 0 saturated heterocycles. The number of carbonyl (C=O) groups excluding carboxylic acids is 14. The van der Waals surface area contributed by atoms with E-state index in [4.69, 9.17) is 66.3 Å². The van der Waals surface area contributed by atoms with Crippen LogP contribution in [0.25, 0.3) is 0 Å². The molecule has 2 N–H and O–H groups in total. The Kier molecular flexibility index (Phi) is 67.9. The molecular formula is C100H190N4O28. The molecule has 132 heavy (non-hydrogen) atoms. The fourth-order valence-corrected chi connectivity index (χ4v) is 8.15. The summed E-state index contributed by atoms with van der Waals surface area (Å²) in [5.74, 6) is -4.69. The smallest absolute Gasteiger partial charge is 0.308 e. The monoisotopic (exact) mass is 1900 g/mol. The molecular weight excluding hydrogens is 1710 g/mol. The van der Waals surface area contributed by atoms with Crippen LogP contribution in [0.1, 0.15) is 381 Å². The van der Waals surface area contributed by atoms with Crippen LogP contribution < -0.4 is 10.6 Å². The number of carbonyl (C=O) groups is 14. The molecule has 0 aromatic carbocycles. The third-order valence-corrected chi connectivity index (χ3v) is 15.4. The number of amides is 4. The van der Waals surface area contributed by atoms with Crippen molar-refractivity contribution in [1.82, 2.24) is 20.4 Å². The van der Waals surface area contributed by atoms with Crippen LogP contribution >= 0.6 is 0 Å². The van der Waals surface area contributed by atoms with Gasteiger partial charge in [-0.15, -0.1) is 0 Å². The number of likely N-dealkylation sites (N-methyl/N-ethyl adjacent to an activating group) is 2. The van der Waals surface area contributed by atoms with Gasteiger partial charge in [-0.2, -0.15) is 0 Å². The highest BCUT2D eigenvalue weighted by atomic mass is 16.7. The van der Waals surface area contributed by atoms with Gasteiger partial charge < -0.3 is 86.7 Å². The first-order valence-corrected chi connectivity index (χ1v) is 45.9. The lowest BCUT2D eigenvalue weighted by atomic mass is 9.91. The molecule has 0 spiro atoms. The number of rotatable bonds is 39. The molecule has 0 radical (unpaired) electrons. The SMILES string of the molecule is CC(C)(C)CCC(=O)OCC(=O)NCC(C)(C)C.CC(C)(C)CCC(=O)OCC(=O)NCC(C)(C)C.CC(C)(C)COC(=O)CCC(=O)OCOC(C)(C)C.CC(C)(C)COC(=O)CCC(=O)OCOC(C)(C)C.CC(C)(C)OCOC(=O)CCC(=O)OCOC(C)(C)C.CN(CC(C)(C)C)C(=O)COC(=O)CCC(C)(C)C.CN(CC(C)(C)C)C(=O)COC(=O)CCC(C)(C)C. The standard InChI is InChI=1S/2C15H29NO3.2C14H27NO3.C14H26O6.2C14H26O5/c2*1-14(2,3)9-8-13(18)19-10-12(17)16(7)11-15(4,5)6;2*1-13(2,3)8-7-12(17)18-9-11(16)15-10-14(4,5)6;1-13(2,3)19-9-17-11(15)7-8-12(16)18-10-20-14(4,5)6;2*1-13(2,3)9-17-11(15)7-8-12(16)18-10-19-14(4,5)6/h2*8-11H2,1-7H3;2*7-10H2,1-6H3,(H,15,16);7-10H2,1-6H3;2*7-10H2,1-6H3. The van der Waals surface area contributed by atoms with Gasteiger partial charge in [0.05, 0.1) is 74.1 Å². The lowest BCUT2D eigenvalue weighted by Gasteiger charge is -2.26. The molecule has 0 unspecified atom stereocenters. The van der Waals surface area contributed by atoms with E-state index in [0.717, 1.165) is 25.7 Å². The third kappa shape index (κ3) is 122. The predicted molar refractivity (Wildman–Crippen MR) is 513 cm³/mol. The van der Waals surface area contributed by atoms with Crippen molar-refractivity contribution < 1.29 is 133 Å². The Morgan fingerprint density at radius 1 is 0.205 bits per heavy atom. The Bertz CT molecular complexity index is 3040. The molecule has 0 aromatic heterocycles. The van der Waals surface area contributed by atoms with E-state index in [1.807, 2.05) is 166 Å². The van der Waals surface area contributed by atoms with E-state index in [0.29, 0.717) is 65.1 Å². The normalized spacial score (nSPS) is 12.1. The van der Waals surface area contributed by atoms with Gasteiger partial charge in [0.2, 0.25) is 0 Å². The lowest BCUT2D eigenvalue weighted by Crippen LogP contribution is -2.37. The molecule has 0 rings (SSSR count). The van der Waals surface area contributed by atoms with Gasteiger partial charge in [-0.1, -0.05) is 208 Å². The molecule has 32 heteroatoms. The number of hydrogen-bond donors (Lipinski definition) is 2. The Morgan fingerprint density at radius 2 is 0.379 bits per heavy atom. The molecule has 4 amide bonds. The fourth-order valence-electron chi connectivity index (χ4n) is 8.15. The van der Waals surface area contributed by atoms with E-state index >= 15 is 0 Å². The van der Waals surface area contributed by atoms with E-state index in [1.54, 1.807) is 23.9 Å². The van der Waals surface area contributed by atoms with Gasteiger partial charge in [-0.05, 0) is 163 Å². The van der Waals surface area contributed by atoms with Crippen LogP contribution in [0.2, 0.25) is 0 Å². The molecule has 0 saturated carbocycles. The average molecular weight is 1900 g/mol. The minimum absolute atomic E-state index is 0.0104. The summed E-state index contributed by atoms with van der Waals surface area (Å²) in [6, 6.07) is 0. The van der Waals surface area contributed by atoms with Gasteiger partial charge in [0.25, 0.3) is 23.6 Å². The molecule has 0 aliphatic rings. The summed E-state index contributed by atoms with van der Waals surface area (Å²) < 4.78 is 70.2. The average Bonchev–Trinajstić information content (AvgIpc) is 0.913. The van der Waals surface area contributed by atoms with Crippen molar-refractivity contribution in [3.05, 3.63) is 0 Å². The van der Waals surface area contributed by atoms with Crippen LogP contribution in [0.15, 0.2) is 0 Å². The summed E-state index contributed by atoms with van der Waals surface area (Å²) in [5, 5.41) is 5.47. The van der Waals surface area contributed by atoms with Crippen LogP contribution in [-0.2, 0) is 133 Å². The number of nitrogens with zero attached hydrogens (tertiary/aromatic N) is 2. The summed E-state index contributed by atoms with van der Waals surface area (Å²) in [6.07, 6.45) is 4.48. The highest BCUT2D eigenvalue weighted by Crippen LogP contribution is 2.26. The molecule has 0 aliphatic heterocycles. The third-order valence-electron chi connectivity index (χ3n) is 15.4. The minimum atomic E-state index is -0.497. The first kappa shape index (κ1) is 137. The van der Waals surface area contributed by atoms with Crippen LogP contribution in [0.4, 0.5) is 0 Å². The number of nitrogens with one attached hydrogen (secondary N) is 2. The summed E-state index contributed by atoms with van der Waals surface area (Å²) in [6.45, 7) is 85.5. The highest BCUT2D eigenvalue weighted by Gasteiger charge is 2.27. The number of esters is 10. The van der Waals surface area contributed by atoms with Gasteiger partial charge in [0.15, 0.2) is 53.6 Å². The zero-order valence-electron chi connectivity index (χ0n) is 91.1. The van der Waals surface area contributed by atoms with Crippen LogP contribution in [-0.4, -0.2) is 223 Å². The Labute approximate surface area is 797 Å². The molecule has 778 valence electrons. The molecule has 0 fully saturated rings. The maximum Gasteiger partial charge on any atom is 0.308 e. The van der Waals surface area contributed by atoms with Gasteiger partial charge in [0, 0.05) is 66.0 Å². The topological polar surface area (TPSA) is 399 Å². The molecule has 0 heterocycles. The Morgan fingerprint density at radius 3 is 0.538 bits per heavy atom. The van der Waals surface area contributed by atoms with Crippen molar-refractivity contribution in [2.24, 2.45) is 54.1 Å². The maximum atomic E-state index is 11.8. The van der Waals surface area contributed by atoms with Crippen molar-refractivity contribution in [1.29, 1.82) is 0 Å². The van der Waals surface area contributed by atoms with E-state index in [1.165, 1.54) is 0 Å².